The number of anilines is 1. The van der Waals surface area contributed by atoms with E-state index in [1.807, 2.05) is 30.3 Å². The van der Waals surface area contributed by atoms with Crippen LogP contribution >= 0.6 is 0 Å². The minimum absolute atomic E-state index is 0.0686. The summed E-state index contributed by atoms with van der Waals surface area (Å²) >= 11 is 0. The number of para-hydroxylation sites is 1. The van der Waals surface area contributed by atoms with Gasteiger partial charge < -0.3 is 10.6 Å². The second-order valence-electron chi connectivity index (χ2n) is 7.44. The molecule has 0 unspecified atom stereocenters. The summed E-state index contributed by atoms with van der Waals surface area (Å²) in [7, 11) is 0. The van der Waals surface area contributed by atoms with Crippen molar-refractivity contribution in [2.24, 2.45) is 5.73 Å². The predicted molar refractivity (Wildman–Crippen MR) is 101 cm³/mol. The molecule has 140 valence electrons. The summed E-state index contributed by atoms with van der Waals surface area (Å²) in [6.07, 6.45) is 0.673. The highest BCUT2D eigenvalue weighted by molar-refractivity contribution is 6.11. The van der Waals surface area contributed by atoms with E-state index in [0.29, 0.717) is 25.1 Å². The van der Waals surface area contributed by atoms with Gasteiger partial charge in [-0.1, -0.05) is 30.3 Å². The van der Waals surface area contributed by atoms with Gasteiger partial charge in [-0.2, -0.15) is 0 Å². The molecular formula is C21H22FN3O2. The van der Waals surface area contributed by atoms with Crippen molar-refractivity contribution in [3.8, 4) is 0 Å². The molecule has 0 radical (unpaired) electrons. The van der Waals surface area contributed by atoms with Crippen LogP contribution in [0.25, 0.3) is 0 Å². The molecule has 2 heterocycles. The van der Waals surface area contributed by atoms with Gasteiger partial charge in [-0.15, -0.1) is 0 Å². The number of halogens is 1. The molecule has 0 bridgehead atoms. The molecule has 2 aromatic carbocycles. The molecule has 27 heavy (non-hydrogen) atoms. The first kappa shape index (κ1) is 17.7. The summed E-state index contributed by atoms with van der Waals surface area (Å²) in [6.45, 7) is 3.55. The number of rotatable bonds is 4. The van der Waals surface area contributed by atoms with E-state index in [-0.39, 0.29) is 18.3 Å². The number of amides is 2. The molecule has 2 N–H and O–H groups in total. The Hall–Kier alpha value is -2.73. The van der Waals surface area contributed by atoms with Crippen LogP contribution in [-0.4, -0.2) is 36.3 Å². The van der Waals surface area contributed by atoms with Crippen LogP contribution in [0, 0.1) is 12.7 Å². The Morgan fingerprint density at radius 2 is 2.00 bits per heavy atom. The Bertz CT molecular complexity index is 929. The van der Waals surface area contributed by atoms with E-state index in [9.17, 15) is 14.0 Å². The normalized spacial score (nSPS) is 21.9. The summed E-state index contributed by atoms with van der Waals surface area (Å²) in [5.74, 6) is -0.808. The molecule has 1 atom stereocenters. The highest BCUT2D eigenvalue weighted by atomic mass is 19.1. The first-order chi connectivity index (χ1) is 12.9. The van der Waals surface area contributed by atoms with Gasteiger partial charge in [0, 0.05) is 18.8 Å². The van der Waals surface area contributed by atoms with Gasteiger partial charge in [0.05, 0.1) is 5.41 Å². The van der Waals surface area contributed by atoms with E-state index in [1.54, 1.807) is 13.0 Å². The van der Waals surface area contributed by atoms with E-state index in [1.165, 1.54) is 11.0 Å². The summed E-state index contributed by atoms with van der Waals surface area (Å²) in [4.78, 5) is 28.4. The van der Waals surface area contributed by atoms with E-state index in [2.05, 4.69) is 4.90 Å². The molecule has 6 heteroatoms. The zero-order valence-corrected chi connectivity index (χ0v) is 15.2. The molecule has 0 saturated carbocycles. The van der Waals surface area contributed by atoms with E-state index in [4.69, 9.17) is 5.73 Å². The lowest BCUT2D eigenvalue weighted by molar-refractivity contribution is -0.125. The monoisotopic (exact) mass is 367 g/mol. The number of likely N-dealkylation sites (tertiary alicyclic amines) is 1. The van der Waals surface area contributed by atoms with E-state index < -0.39 is 11.3 Å². The second kappa shape index (κ2) is 6.46. The highest BCUT2D eigenvalue weighted by Crippen LogP contribution is 2.47. The number of hydrogen-bond donors (Lipinski definition) is 1. The largest absolute Gasteiger partial charge is 0.368 e. The third-order valence-electron chi connectivity index (χ3n) is 5.80. The third kappa shape index (κ3) is 2.80. The summed E-state index contributed by atoms with van der Waals surface area (Å²) < 4.78 is 13.9. The van der Waals surface area contributed by atoms with Crippen LogP contribution < -0.4 is 10.6 Å². The molecule has 2 aliphatic heterocycles. The lowest BCUT2D eigenvalue weighted by Gasteiger charge is -2.24. The number of nitrogens with two attached hydrogens (primary N) is 1. The van der Waals surface area contributed by atoms with Crippen molar-refractivity contribution in [3.05, 3.63) is 65.0 Å². The topological polar surface area (TPSA) is 66.6 Å². The third-order valence-corrected chi connectivity index (χ3v) is 5.80. The van der Waals surface area contributed by atoms with Gasteiger partial charge in [0.1, 0.15) is 12.4 Å². The van der Waals surface area contributed by atoms with Crippen LogP contribution in [0.1, 0.15) is 23.1 Å². The molecule has 2 aromatic rings. The van der Waals surface area contributed by atoms with Gasteiger partial charge in [-0.3, -0.25) is 14.5 Å². The number of nitrogens with zero attached hydrogens (tertiary/aromatic N) is 2. The van der Waals surface area contributed by atoms with Crippen LogP contribution in [-0.2, 0) is 21.5 Å². The Labute approximate surface area is 157 Å². The smallest absolute Gasteiger partial charge is 0.239 e. The standard InChI is InChI=1S/C21H22FN3O2/c1-14-15(5-4-7-17(14)22)11-24-10-9-21(13-24)16-6-2-3-8-18(16)25(20(21)27)12-19(23)26/h2-8H,9-13H2,1H3,(H2,23,26)/t21-/m1/s1. The van der Waals surface area contributed by atoms with E-state index in [0.717, 1.165) is 23.4 Å². The van der Waals surface area contributed by atoms with Crippen LogP contribution in [0.3, 0.4) is 0 Å². The van der Waals surface area contributed by atoms with Crippen molar-refractivity contribution in [1.82, 2.24) is 4.90 Å². The summed E-state index contributed by atoms with van der Waals surface area (Å²) in [6, 6.07) is 12.7. The SMILES string of the molecule is Cc1c(F)cccc1CN1CC[C@]2(C1)C(=O)N(CC(N)=O)c1ccccc12. The Kier molecular flexibility index (Phi) is 4.23. The van der Waals surface area contributed by atoms with Crippen LogP contribution in [0.4, 0.5) is 10.1 Å². The van der Waals surface area contributed by atoms with Crippen molar-refractivity contribution in [2.45, 2.75) is 25.3 Å². The lowest BCUT2D eigenvalue weighted by Crippen LogP contribution is -2.45. The number of hydrogen-bond acceptors (Lipinski definition) is 3. The summed E-state index contributed by atoms with van der Waals surface area (Å²) in [5, 5.41) is 0. The maximum absolute atomic E-state index is 13.9. The molecule has 2 amide bonds. The molecule has 4 rings (SSSR count). The Balaban J connectivity index is 1.63. The van der Waals surface area contributed by atoms with Crippen molar-refractivity contribution < 1.29 is 14.0 Å². The fraction of sp³-hybridized carbons (Fsp3) is 0.333. The average molecular weight is 367 g/mol. The first-order valence-electron chi connectivity index (χ1n) is 9.08. The molecule has 5 nitrogen and oxygen atoms in total. The molecule has 1 fully saturated rings. The number of carbonyl (C=O) groups is 2. The van der Waals surface area contributed by atoms with Crippen LogP contribution in [0.5, 0.6) is 0 Å². The van der Waals surface area contributed by atoms with Gasteiger partial charge in [0.2, 0.25) is 11.8 Å². The summed E-state index contributed by atoms with van der Waals surface area (Å²) in [5.41, 5.74) is 8.00. The van der Waals surface area contributed by atoms with Gasteiger partial charge >= 0.3 is 0 Å². The highest BCUT2D eigenvalue weighted by Gasteiger charge is 2.54. The zero-order chi connectivity index (χ0) is 19.2. The van der Waals surface area contributed by atoms with Crippen molar-refractivity contribution in [1.29, 1.82) is 0 Å². The second-order valence-corrected chi connectivity index (χ2v) is 7.44. The first-order valence-corrected chi connectivity index (χ1v) is 9.08. The average Bonchev–Trinajstić information content (AvgIpc) is 3.16. The number of primary amides is 1. The van der Waals surface area contributed by atoms with Gasteiger partial charge in [0.25, 0.3) is 0 Å². The van der Waals surface area contributed by atoms with Gasteiger partial charge in [-0.25, -0.2) is 4.39 Å². The van der Waals surface area contributed by atoms with Gasteiger partial charge in [-0.05, 0) is 48.7 Å². The number of carbonyl (C=O) groups excluding carboxylic acids is 2. The molecule has 2 aliphatic rings. The molecular weight excluding hydrogens is 345 g/mol. The quantitative estimate of drug-likeness (QED) is 0.900. The number of benzene rings is 2. The zero-order valence-electron chi connectivity index (χ0n) is 15.2. The van der Waals surface area contributed by atoms with Crippen LogP contribution in [0.2, 0.25) is 0 Å². The Morgan fingerprint density at radius 1 is 1.22 bits per heavy atom. The van der Waals surface area contributed by atoms with E-state index >= 15 is 0 Å². The molecule has 0 aromatic heterocycles. The van der Waals surface area contributed by atoms with Crippen molar-refractivity contribution in [2.75, 3.05) is 24.5 Å². The van der Waals surface area contributed by atoms with Crippen molar-refractivity contribution in [3.63, 3.8) is 0 Å². The van der Waals surface area contributed by atoms with Gasteiger partial charge in [0.15, 0.2) is 0 Å². The maximum atomic E-state index is 13.9. The van der Waals surface area contributed by atoms with Crippen molar-refractivity contribution >= 4 is 17.5 Å². The molecule has 1 spiro atoms. The fourth-order valence-electron chi connectivity index (χ4n) is 4.39. The lowest BCUT2D eigenvalue weighted by atomic mass is 9.81. The number of fused-ring (bicyclic) bond motifs is 2. The Morgan fingerprint density at radius 3 is 2.78 bits per heavy atom. The van der Waals surface area contributed by atoms with Crippen LogP contribution in [0.15, 0.2) is 42.5 Å². The minimum Gasteiger partial charge on any atom is -0.368 e. The molecule has 1 saturated heterocycles. The minimum atomic E-state index is -0.659. The predicted octanol–water partition coefficient (Wildman–Crippen LogP) is 2.11. The maximum Gasteiger partial charge on any atom is 0.239 e. The fourth-order valence-corrected chi connectivity index (χ4v) is 4.39. The molecule has 0 aliphatic carbocycles.